The molecule has 0 unspecified atom stereocenters. The van der Waals surface area contributed by atoms with Gasteiger partial charge in [-0.1, -0.05) is 29.8 Å². The van der Waals surface area contributed by atoms with Crippen LogP contribution < -0.4 is 4.90 Å². The molecule has 0 aliphatic rings. The van der Waals surface area contributed by atoms with Crippen molar-refractivity contribution >= 4 is 28.4 Å². The minimum atomic E-state index is 0.383. The molecular formula is C14H12ClN3O. The molecular weight excluding hydrogens is 262 g/mol. The molecule has 4 nitrogen and oxygen atoms in total. The number of benzene rings is 1. The average Bonchev–Trinajstić information content (AvgIpc) is 2.80. The lowest BCUT2D eigenvalue weighted by molar-refractivity contribution is 0.545. The summed E-state index contributed by atoms with van der Waals surface area (Å²) in [7, 11) is 1.92. The quantitative estimate of drug-likeness (QED) is 0.732. The largest absolute Gasteiger partial charge is 0.459 e. The molecule has 19 heavy (non-hydrogen) atoms. The van der Waals surface area contributed by atoms with Gasteiger partial charge in [0.2, 0.25) is 0 Å². The number of anilines is 1. The molecule has 0 aliphatic carbocycles. The van der Waals surface area contributed by atoms with Crippen LogP contribution in [0.5, 0.6) is 0 Å². The number of nitrogens with zero attached hydrogens (tertiary/aromatic N) is 3. The van der Waals surface area contributed by atoms with E-state index in [1.54, 1.807) is 6.20 Å². The Bertz CT molecular complexity index is 677. The predicted molar refractivity (Wildman–Crippen MR) is 75.4 cm³/mol. The minimum Gasteiger partial charge on any atom is -0.459 e. The summed E-state index contributed by atoms with van der Waals surface area (Å²) in [6.45, 7) is 0.615. The predicted octanol–water partition coefficient (Wildman–Crippen LogP) is 3.51. The molecule has 0 amide bonds. The second kappa shape index (κ2) is 4.90. The van der Waals surface area contributed by atoms with E-state index in [9.17, 15) is 0 Å². The summed E-state index contributed by atoms with van der Waals surface area (Å²) < 4.78 is 5.77. The molecule has 2 aromatic heterocycles. The van der Waals surface area contributed by atoms with Crippen molar-refractivity contribution in [3.8, 4) is 0 Å². The van der Waals surface area contributed by atoms with Crippen LogP contribution in [0.2, 0.25) is 5.15 Å². The standard InChI is InChI=1S/C14H12ClN3O/c1-18(14-8-16-7-13(15)17-14)9-11-6-10-4-2-3-5-12(10)19-11/h2-8H,9H2,1H3. The first kappa shape index (κ1) is 12.0. The molecule has 1 aromatic carbocycles. The van der Waals surface area contributed by atoms with Gasteiger partial charge in [0, 0.05) is 12.4 Å². The summed E-state index contributed by atoms with van der Waals surface area (Å²) in [6.07, 6.45) is 3.19. The lowest BCUT2D eigenvalue weighted by Gasteiger charge is -2.15. The maximum atomic E-state index is 5.83. The number of hydrogen-bond acceptors (Lipinski definition) is 4. The van der Waals surface area contributed by atoms with Crippen LogP contribution in [0.25, 0.3) is 11.0 Å². The Morgan fingerprint density at radius 3 is 2.89 bits per heavy atom. The zero-order valence-electron chi connectivity index (χ0n) is 10.4. The van der Waals surface area contributed by atoms with Gasteiger partial charge in [0.25, 0.3) is 0 Å². The average molecular weight is 274 g/mol. The van der Waals surface area contributed by atoms with Crippen molar-refractivity contribution < 1.29 is 4.42 Å². The number of hydrogen-bond donors (Lipinski definition) is 0. The molecule has 96 valence electrons. The fourth-order valence-corrected chi connectivity index (χ4v) is 2.09. The first-order valence-corrected chi connectivity index (χ1v) is 6.26. The normalized spacial score (nSPS) is 10.8. The van der Waals surface area contributed by atoms with E-state index in [4.69, 9.17) is 16.0 Å². The highest BCUT2D eigenvalue weighted by Gasteiger charge is 2.08. The van der Waals surface area contributed by atoms with E-state index < -0.39 is 0 Å². The summed E-state index contributed by atoms with van der Waals surface area (Å²) in [5, 5.41) is 1.48. The van der Waals surface area contributed by atoms with Gasteiger partial charge in [-0.3, -0.25) is 4.98 Å². The number of halogens is 1. The molecule has 0 fully saturated rings. The van der Waals surface area contributed by atoms with Gasteiger partial charge in [-0.05, 0) is 12.1 Å². The molecule has 0 spiro atoms. The van der Waals surface area contributed by atoms with Crippen LogP contribution in [0.3, 0.4) is 0 Å². The third kappa shape index (κ3) is 2.53. The van der Waals surface area contributed by atoms with Crippen LogP contribution in [-0.4, -0.2) is 17.0 Å². The SMILES string of the molecule is CN(Cc1cc2ccccc2o1)c1cncc(Cl)n1. The van der Waals surface area contributed by atoms with Crippen molar-refractivity contribution in [1.82, 2.24) is 9.97 Å². The fourth-order valence-electron chi connectivity index (χ4n) is 1.95. The monoisotopic (exact) mass is 273 g/mol. The maximum absolute atomic E-state index is 5.83. The number of aromatic nitrogens is 2. The molecule has 0 saturated carbocycles. The summed E-state index contributed by atoms with van der Waals surface area (Å²) >= 11 is 5.83. The van der Waals surface area contributed by atoms with Crippen LogP contribution in [0.4, 0.5) is 5.82 Å². The summed E-state index contributed by atoms with van der Waals surface area (Å²) in [4.78, 5) is 10.2. The first-order valence-electron chi connectivity index (χ1n) is 5.88. The highest BCUT2D eigenvalue weighted by molar-refractivity contribution is 6.29. The molecule has 5 heteroatoms. The van der Waals surface area contributed by atoms with E-state index in [1.807, 2.05) is 42.3 Å². The number of furan rings is 1. The summed E-state index contributed by atoms with van der Waals surface area (Å²) in [5.74, 6) is 1.60. The lowest BCUT2D eigenvalue weighted by Crippen LogP contribution is -2.17. The second-order valence-electron chi connectivity index (χ2n) is 4.31. The van der Waals surface area contributed by atoms with E-state index >= 15 is 0 Å². The van der Waals surface area contributed by atoms with Crippen molar-refractivity contribution in [2.75, 3.05) is 11.9 Å². The fraction of sp³-hybridized carbons (Fsp3) is 0.143. The molecule has 0 saturated heterocycles. The van der Waals surface area contributed by atoms with Crippen LogP contribution >= 0.6 is 11.6 Å². The van der Waals surface area contributed by atoms with Gasteiger partial charge in [0.15, 0.2) is 0 Å². The molecule has 3 rings (SSSR count). The second-order valence-corrected chi connectivity index (χ2v) is 4.69. The zero-order chi connectivity index (χ0) is 13.2. The number of fused-ring (bicyclic) bond motifs is 1. The molecule has 0 bridgehead atoms. The van der Waals surface area contributed by atoms with E-state index in [1.165, 1.54) is 6.20 Å². The van der Waals surface area contributed by atoms with Gasteiger partial charge < -0.3 is 9.32 Å². The first-order chi connectivity index (χ1) is 9.22. The summed E-state index contributed by atoms with van der Waals surface area (Å²) in [5.41, 5.74) is 0.892. The lowest BCUT2D eigenvalue weighted by atomic mass is 10.2. The smallest absolute Gasteiger partial charge is 0.149 e. The van der Waals surface area contributed by atoms with Crippen LogP contribution in [0.15, 0.2) is 47.1 Å². The molecule has 0 radical (unpaired) electrons. The Labute approximate surface area is 115 Å². The Balaban J connectivity index is 1.84. The van der Waals surface area contributed by atoms with Crippen molar-refractivity contribution in [2.45, 2.75) is 6.54 Å². The van der Waals surface area contributed by atoms with Crippen molar-refractivity contribution in [3.05, 3.63) is 53.6 Å². The van der Waals surface area contributed by atoms with Crippen molar-refractivity contribution in [1.29, 1.82) is 0 Å². The third-order valence-corrected chi connectivity index (χ3v) is 3.04. The Morgan fingerprint density at radius 1 is 1.26 bits per heavy atom. The van der Waals surface area contributed by atoms with Gasteiger partial charge in [0.1, 0.15) is 22.3 Å². The molecule has 0 aliphatic heterocycles. The van der Waals surface area contributed by atoms with Gasteiger partial charge >= 0.3 is 0 Å². The van der Waals surface area contributed by atoms with E-state index in [2.05, 4.69) is 9.97 Å². The van der Waals surface area contributed by atoms with Gasteiger partial charge in [-0.15, -0.1) is 0 Å². The van der Waals surface area contributed by atoms with Gasteiger partial charge in [-0.25, -0.2) is 4.98 Å². The van der Waals surface area contributed by atoms with E-state index in [0.29, 0.717) is 17.5 Å². The Morgan fingerprint density at radius 2 is 2.11 bits per heavy atom. The number of rotatable bonds is 3. The van der Waals surface area contributed by atoms with E-state index in [0.717, 1.165) is 16.7 Å². The third-order valence-electron chi connectivity index (χ3n) is 2.85. The maximum Gasteiger partial charge on any atom is 0.149 e. The highest BCUT2D eigenvalue weighted by atomic mass is 35.5. The number of para-hydroxylation sites is 1. The van der Waals surface area contributed by atoms with Gasteiger partial charge in [0.05, 0.1) is 18.9 Å². The zero-order valence-corrected chi connectivity index (χ0v) is 11.1. The van der Waals surface area contributed by atoms with Crippen molar-refractivity contribution in [3.63, 3.8) is 0 Å². The molecule has 3 aromatic rings. The minimum absolute atomic E-state index is 0.383. The van der Waals surface area contributed by atoms with Crippen LogP contribution in [0.1, 0.15) is 5.76 Å². The Kier molecular flexibility index (Phi) is 3.09. The summed E-state index contributed by atoms with van der Waals surface area (Å²) in [6, 6.07) is 9.97. The van der Waals surface area contributed by atoms with Crippen LogP contribution in [-0.2, 0) is 6.54 Å². The van der Waals surface area contributed by atoms with E-state index in [-0.39, 0.29) is 0 Å². The highest BCUT2D eigenvalue weighted by Crippen LogP contribution is 2.21. The van der Waals surface area contributed by atoms with Crippen molar-refractivity contribution in [2.24, 2.45) is 0 Å². The molecule has 0 N–H and O–H groups in total. The molecule has 2 heterocycles. The topological polar surface area (TPSA) is 42.2 Å². The van der Waals surface area contributed by atoms with Crippen LogP contribution in [0, 0.1) is 0 Å². The molecule has 0 atom stereocenters. The van der Waals surface area contributed by atoms with Gasteiger partial charge in [-0.2, -0.15) is 0 Å². The Hall–Kier alpha value is -2.07.